The molecule has 45 heavy (non-hydrogen) atoms. The number of aromatic hydroxyl groups is 1. The summed E-state index contributed by atoms with van der Waals surface area (Å²) in [6.07, 6.45) is 1.09. The molecule has 3 heterocycles. The van der Waals surface area contributed by atoms with Crippen LogP contribution in [0.2, 0.25) is 0 Å². The molecule has 1 unspecified atom stereocenters. The fourth-order valence-electron chi connectivity index (χ4n) is 5.80. The lowest BCUT2D eigenvalue weighted by atomic mass is 9.87. The maximum absolute atomic E-state index is 14.3. The van der Waals surface area contributed by atoms with Crippen LogP contribution < -0.4 is 29.0 Å². The van der Waals surface area contributed by atoms with Crippen molar-refractivity contribution in [3.8, 4) is 40.2 Å². The third-order valence-electron chi connectivity index (χ3n) is 8.04. The number of amides is 2. The van der Waals surface area contributed by atoms with Gasteiger partial charge < -0.3 is 39.0 Å². The fourth-order valence-corrected chi connectivity index (χ4v) is 5.80. The van der Waals surface area contributed by atoms with Crippen LogP contribution in [-0.4, -0.2) is 62.8 Å². The quantitative estimate of drug-likeness (QED) is 0.311. The van der Waals surface area contributed by atoms with Crippen LogP contribution in [0.5, 0.6) is 40.2 Å². The minimum Gasteiger partial charge on any atom is -0.507 e. The van der Waals surface area contributed by atoms with E-state index >= 15 is 0 Å². The summed E-state index contributed by atoms with van der Waals surface area (Å²) in [7, 11) is 4.65. The molecule has 1 atom stereocenters. The minimum atomic E-state index is -0.474. The molecule has 4 aromatic carbocycles. The lowest BCUT2D eigenvalue weighted by Gasteiger charge is -2.38. The van der Waals surface area contributed by atoms with E-state index in [2.05, 4.69) is 5.32 Å². The summed E-state index contributed by atoms with van der Waals surface area (Å²) in [4.78, 5) is 29.0. The molecule has 8 bridgehead atoms. The van der Waals surface area contributed by atoms with E-state index in [4.69, 9.17) is 23.7 Å². The summed E-state index contributed by atoms with van der Waals surface area (Å²) in [5.41, 5.74) is 3.25. The van der Waals surface area contributed by atoms with Crippen LogP contribution in [0.3, 0.4) is 0 Å². The number of hydrogen-bond donors (Lipinski definition) is 2. The van der Waals surface area contributed by atoms with E-state index in [9.17, 15) is 14.7 Å². The molecule has 3 aliphatic rings. The van der Waals surface area contributed by atoms with Crippen LogP contribution in [-0.2, 0) is 6.42 Å². The van der Waals surface area contributed by atoms with Crippen LogP contribution in [0.1, 0.15) is 49.9 Å². The van der Waals surface area contributed by atoms with Gasteiger partial charge >= 0.3 is 0 Å². The van der Waals surface area contributed by atoms with Gasteiger partial charge in [0.05, 0.1) is 45.1 Å². The predicted molar refractivity (Wildman–Crippen MR) is 166 cm³/mol. The van der Waals surface area contributed by atoms with Crippen LogP contribution in [0, 0.1) is 0 Å². The first kappa shape index (κ1) is 29.7. The lowest BCUT2D eigenvalue weighted by molar-refractivity contribution is 0.0690. The molecule has 4 aromatic rings. The molecule has 0 spiro atoms. The molecule has 0 fully saturated rings. The Balaban J connectivity index is 1.48. The van der Waals surface area contributed by atoms with Crippen molar-refractivity contribution in [3.05, 3.63) is 101 Å². The molecular formula is C35H34N2O8. The van der Waals surface area contributed by atoms with Crippen molar-refractivity contribution in [1.82, 2.24) is 10.2 Å². The number of fused-ring (bicyclic) bond motifs is 6. The SMILES string of the molecule is COc1ccc(C(=O)N2CCc3cc4c(OC)cc3C2c2cccc(c2)OCCCNC(=O)c2cc(ccc2O)O4)c(OC)c1. The van der Waals surface area contributed by atoms with Gasteiger partial charge in [-0.3, -0.25) is 9.59 Å². The van der Waals surface area contributed by atoms with Crippen molar-refractivity contribution in [3.63, 3.8) is 0 Å². The average molecular weight is 611 g/mol. The van der Waals surface area contributed by atoms with E-state index in [1.165, 1.54) is 19.2 Å². The molecule has 0 saturated heterocycles. The van der Waals surface area contributed by atoms with Crippen molar-refractivity contribution in [2.45, 2.75) is 18.9 Å². The molecule has 0 aliphatic carbocycles. The van der Waals surface area contributed by atoms with E-state index in [0.717, 1.165) is 16.7 Å². The second-order valence-electron chi connectivity index (χ2n) is 10.7. The first-order valence-electron chi connectivity index (χ1n) is 14.7. The zero-order chi connectivity index (χ0) is 31.5. The summed E-state index contributed by atoms with van der Waals surface area (Å²) < 4.78 is 29.0. The van der Waals surface area contributed by atoms with E-state index < -0.39 is 11.9 Å². The average Bonchev–Trinajstić information content (AvgIpc) is 3.07. The highest BCUT2D eigenvalue weighted by atomic mass is 16.5. The number of phenolic OH excluding ortho intramolecular Hbond substituents is 1. The number of carbonyl (C=O) groups excluding carboxylic acids is 2. The van der Waals surface area contributed by atoms with Gasteiger partial charge in [0.25, 0.3) is 11.8 Å². The van der Waals surface area contributed by atoms with E-state index in [1.807, 2.05) is 41.3 Å². The van der Waals surface area contributed by atoms with Gasteiger partial charge in [0.15, 0.2) is 11.5 Å². The highest BCUT2D eigenvalue weighted by molar-refractivity contribution is 5.98. The molecule has 3 aliphatic heterocycles. The Morgan fingerprint density at radius 3 is 2.58 bits per heavy atom. The lowest BCUT2D eigenvalue weighted by Crippen LogP contribution is -2.40. The maximum Gasteiger partial charge on any atom is 0.258 e. The zero-order valence-corrected chi connectivity index (χ0v) is 25.3. The van der Waals surface area contributed by atoms with E-state index in [0.29, 0.717) is 72.6 Å². The topological polar surface area (TPSA) is 116 Å². The predicted octanol–water partition coefficient (Wildman–Crippen LogP) is 5.51. The van der Waals surface area contributed by atoms with Crippen molar-refractivity contribution >= 4 is 11.8 Å². The number of benzene rings is 4. The van der Waals surface area contributed by atoms with Gasteiger partial charge in [0.1, 0.15) is 28.7 Å². The van der Waals surface area contributed by atoms with Crippen molar-refractivity contribution in [1.29, 1.82) is 0 Å². The highest BCUT2D eigenvalue weighted by Crippen LogP contribution is 2.44. The summed E-state index contributed by atoms with van der Waals surface area (Å²) >= 11 is 0. The number of ether oxygens (including phenoxy) is 5. The van der Waals surface area contributed by atoms with Gasteiger partial charge in [0.2, 0.25) is 0 Å². The van der Waals surface area contributed by atoms with Crippen molar-refractivity contribution in [2.24, 2.45) is 0 Å². The number of methoxy groups -OCH3 is 3. The normalized spacial score (nSPS) is 15.9. The molecule has 2 N–H and O–H groups in total. The second kappa shape index (κ2) is 12.7. The van der Waals surface area contributed by atoms with Gasteiger partial charge in [-0.25, -0.2) is 0 Å². The van der Waals surface area contributed by atoms with Gasteiger partial charge in [-0.15, -0.1) is 0 Å². The van der Waals surface area contributed by atoms with Gasteiger partial charge in [0, 0.05) is 19.2 Å². The largest absolute Gasteiger partial charge is 0.507 e. The summed E-state index contributed by atoms with van der Waals surface area (Å²) in [5.74, 6) is 2.15. The third kappa shape index (κ3) is 5.91. The molecule has 0 saturated carbocycles. The number of phenols is 1. The minimum absolute atomic E-state index is 0.0994. The molecule has 10 heteroatoms. The Hall–Kier alpha value is -5.38. The molecule has 0 radical (unpaired) electrons. The van der Waals surface area contributed by atoms with Crippen molar-refractivity contribution in [2.75, 3.05) is 41.0 Å². The molecule has 0 aromatic heterocycles. The Kier molecular flexibility index (Phi) is 8.37. The standard InChI is InChI=1S/C35H34N2O8/c1-41-23-8-10-26(30(19-23)42-2)35(40)37-14-12-21-17-32-31(43-3)20-27(21)33(37)22-6-4-7-24(16-22)44-15-5-13-36-34(39)28-18-25(45-32)9-11-29(28)38/h4,6-11,16-20,33,38H,5,12-15H2,1-3H3,(H,36,39). The number of nitrogens with one attached hydrogen (secondary N) is 1. The van der Waals surface area contributed by atoms with Crippen LogP contribution in [0.15, 0.2) is 72.8 Å². The van der Waals surface area contributed by atoms with E-state index in [1.54, 1.807) is 38.5 Å². The Labute approximate surface area is 261 Å². The van der Waals surface area contributed by atoms with Gasteiger partial charge in [-0.1, -0.05) is 12.1 Å². The monoisotopic (exact) mass is 610 g/mol. The van der Waals surface area contributed by atoms with Crippen LogP contribution >= 0.6 is 0 Å². The maximum atomic E-state index is 14.3. The summed E-state index contributed by atoms with van der Waals surface area (Å²) in [6, 6.07) is 20.7. The highest BCUT2D eigenvalue weighted by Gasteiger charge is 2.35. The van der Waals surface area contributed by atoms with Crippen LogP contribution in [0.4, 0.5) is 0 Å². The van der Waals surface area contributed by atoms with Crippen LogP contribution in [0.25, 0.3) is 0 Å². The number of hydrogen-bond acceptors (Lipinski definition) is 8. The number of rotatable bonds is 4. The molecular weight excluding hydrogens is 576 g/mol. The molecule has 2 amide bonds. The number of nitrogens with zero attached hydrogens (tertiary/aromatic N) is 1. The summed E-state index contributed by atoms with van der Waals surface area (Å²) in [5, 5.41) is 13.2. The smallest absolute Gasteiger partial charge is 0.258 e. The Morgan fingerprint density at radius 1 is 0.933 bits per heavy atom. The van der Waals surface area contributed by atoms with E-state index in [-0.39, 0.29) is 17.2 Å². The Morgan fingerprint density at radius 2 is 1.78 bits per heavy atom. The second-order valence-corrected chi connectivity index (χ2v) is 10.7. The van der Waals surface area contributed by atoms with Crippen molar-refractivity contribution < 1.29 is 38.4 Å². The first-order valence-corrected chi connectivity index (χ1v) is 14.7. The zero-order valence-electron chi connectivity index (χ0n) is 25.3. The molecule has 10 nitrogen and oxygen atoms in total. The molecule has 7 rings (SSSR count). The number of carbonyl (C=O) groups is 2. The third-order valence-corrected chi connectivity index (χ3v) is 8.04. The summed E-state index contributed by atoms with van der Waals surface area (Å²) in [6.45, 7) is 1.12. The Bertz CT molecular complexity index is 1750. The first-order chi connectivity index (χ1) is 21.9. The van der Waals surface area contributed by atoms with Gasteiger partial charge in [-0.05, 0) is 84.1 Å². The molecule has 232 valence electrons. The van der Waals surface area contributed by atoms with Gasteiger partial charge in [-0.2, -0.15) is 0 Å². The fraction of sp³-hybridized carbons (Fsp3) is 0.257.